The quantitative estimate of drug-likeness (QED) is 0.552. The molecule has 1 N–H and O–H groups in total. The fourth-order valence-corrected chi connectivity index (χ4v) is 3.02. The fraction of sp³-hybridized carbons (Fsp3) is 0.0500. The van der Waals surface area contributed by atoms with Crippen LogP contribution in [0, 0.1) is 5.82 Å². The molecule has 4 aromatic rings. The van der Waals surface area contributed by atoms with Gasteiger partial charge in [-0.1, -0.05) is 29.8 Å². The van der Waals surface area contributed by atoms with Gasteiger partial charge >= 0.3 is 0 Å². The van der Waals surface area contributed by atoms with E-state index in [1.54, 1.807) is 36.4 Å². The molecule has 0 radical (unpaired) electrons. The Hall–Kier alpha value is -3.25. The van der Waals surface area contributed by atoms with Gasteiger partial charge in [0, 0.05) is 12.7 Å². The number of carbonyl (C=O) groups is 1. The molecule has 0 fully saturated rings. The molecule has 134 valence electrons. The molecule has 0 bridgehead atoms. The van der Waals surface area contributed by atoms with E-state index in [1.165, 1.54) is 22.7 Å². The van der Waals surface area contributed by atoms with Crippen molar-refractivity contribution in [3.8, 4) is 0 Å². The summed E-state index contributed by atoms with van der Waals surface area (Å²) in [5.74, 6) is -0.877. The maximum absolute atomic E-state index is 13.2. The molecular formula is C20H13ClFN3O2. The summed E-state index contributed by atoms with van der Waals surface area (Å²) in [5.41, 5.74) is 1.80. The largest absolute Gasteiger partial charge is 0.348 e. The van der Waals surface area contributed by atoms with E-state index in [0.29, 0.717) is 27.7 Å². The lowest BCUT2D eigenvalue weighted by atomic mass is 10.2. The van der Waals surface area contributed by atoms with Crippen LogP contribution in [0.2, 0.25) is 5.02 Å². The first-order valence-electron chi connectivity index (χ1n) is 8.16. The molecule has 0 aliphatic heterocycles. The number of para-hydroxylation sites is 1. The minimum absolute atomic E-state index is 0.00282. The number of fused-ring (bicyclic) bond motifs is 2. The smallest absolute Gasteiger partial charge is 0.265 e. The topological polar surface area (TPSA) is 63.5 Å². The van der Waals surface area contributed by atoms with Crippen molar-refractivity contribution >= 4 is 34.1 Å². The number of rotatable bonds is 3. The van der Waals surface area contributed by atoms with Gasteiger partial charge in [-0.3, -0.25) is 14.0 Å². The standard InChI is InChI=1S/C20H13ClFN3O2/c21-15-9-12(5-7-16(15)22)10-23-19(26)13-6-8-18-24-17-4-2-1-3-14(17)20(27)25(18)11-13/h1-9,11H,10H2,(H,23,26). The Labute approximate surface area is 158 Å². The zero-order chi connectivity index (χ0) is 19.0. The number of hydrogen-bond acceptors (Lipinski definition) is 3. The second-order valence-corrected chi connectivity index (χ2v) is 6.42. The van der Waals surface area contributed by atoms with E-state index in [2.05, 4.69) is 10.3 Å². The molecule has 0 spiro atoms. The maximum Gasteiger partial charge on any atom is 0.265 e. The van der Waals surface area contributed by atoms with Gasteiger partial charge in [0.15, 0.2) is 0 Å². The number of hydrogen-bond donors (Lipinski definition) is 1. The van der Waals surface area contributed by atoms with Gasteiger partial charge in [-0.25, -0.2) is 9.37 Å². The highest BCUT2D eigenvalue weighted by Crippen LogP contribution is 2.16. The van der Waals surface area contributed by atoms with Crippen molar-refractivity contribution in [1.82, 2.24) is 14.7 Å². The van der Waals surface area contributed by atoms with Crippen molar-refractivity contribution in [3.63, 3.8) is 0 Å². The lowest BCUT2D eigenvalue weighted by Gasteiger charge is -2.08. The monoisotopic (exact) mass is 381 g/mol. The van der Waals surface area contributed by atoms with E-state index in [4.69, 9.17) is 11.6 Å². The second-order valence-electron chi connectivity index (χ2n) is 6.01. The van der Waals surface area contributed by atoms with Crippen LogP contribution in [0.15, 0.2) is 65.6 Å². The van der Waals surface area contributed by atoms with Gasteiger partial charge < -0.3 is 5.32 Å². The minimum Gasteiger partial charge on any atom is -0.348 e. The third-order valence-corrected chi connectivity index (χ3v) is 4.50. The van der Waals surface area contributed by atoms with Crippen LogP contribution in [-0.2, 0) is 6.54 Å². The van der Waals surface area contributed by atoms with E-state index >= 15 is 0 Å². The number of amides is 1. The second kappa shape index (κ2) is 6.81. The highest BCUT2D eigenvalue weighted by molar-refractivity contribution is 6.30. The molecule has 2 aromatic carbocycles. The lowest BCUT2D eigenvalue weighted by molar-refractivity contribution is 0.0950. The van der Waals surface area contributed by atoms with Crippen molar-refractivity contribution in [1.29, 1.82) is 0 Å². The van der Waals surface area contributed by atoms with Crippen LogP contribution in [0.25, 0.3) is 16.6 Å². The zero-order valence-corrected chi connectivity index (χ0v) is 14.7. The summed E-state index contributed by atoms with van der Waals surface area (Å²) >= 11 is 5.74. The highest BCUT2D eigenvalue weighted by atomic mass is 35.5. The Bertz CT molecular complexity index is 1250. The van der Waals surface area contributed by atoms with Crippen molar-refractivity contribution in [2.24, 2.45) is 0 Å². The summed E-state index contributed by atoms with van der Waals surface area (Å²) in [4.78, 5) is 29.5. The van der Waals surface area contributed by atoms with Gasteiger partial charge in [-0.15, -0.1) is 0 Å². The summed E-state index contributed by atoms with van der Waals surface area (Å²) in [6.07, 6.45) is 1.46. The van der Waals surface area contributed by atoms with Gasteiger partial charge in [0.2, 0.25) is 0 Å². The molecule has 4 rings (SSSR count). The van der Waals surface area contributed by atoms with Gasteiger partial charge in [-0.2, -0.15) is 0 Å². The minimum atomic E-state index is -0.514. The van der Waals surface area contributed by atoms with Crippen LogP contribution in [0.3, 0.4) is 0 Å². The average molecular weight is 382 g/mol. The summed E-state index contributed by atoms with van der Waals surface area (Å²) in [6, 6.07) is 14.5. The zero-order valence-electron chi connectivity index (χ0n) is 13.9. The lowest BCUT2D eigenvalue weighted by Crippen LogP contribution is -2.24. The number of nitrogens with one attached hydrogen (secondary N) is 1. The van der Waals surface area contributed by atoms with E-state index in [0.717, 1.165) is 0 Å². The molecule has 0 unspecified atom stereocenters. The van der Waals surface area contributed by atoms with Crippen LogP contribution < -0.4 is 10.9 Å². The molecule has 5 nitrogen and oxygen atoms in total. The molecular weight excluding hydrogens is 369 g/mol. The molecule has 0 aliphatic rings. The summed E-state index contributed by atoms with van der Waals surface area (Å²) in [5, 5.41) is 3.20. The number of aromatic nitrogens is 2. The number of nitrogens with zero attached hydrogens (tertiary/aromatic N) is 2. The number of halogens is 2. The first kappa shape index (κ1) is 17.2. The number of pyridine rings is 1. The first-order valence-corrected chi connectivity index (χ1v) is 8.54. The Balaban J connectivity index is 1.63. The maximum atomic E-state index is 13.2. The Morgan fingerprint density at radius 3 is 2.78 bits per heavy atom. The molecule has 27 heavy (non-hydrogen) atoms. The van der Waals surface area contributed by atoms with Gasteiger partial charge in [0.25, 0.3) is 11.5 Å². The van der Waals surface area contributed by atoms with Crippen LogP contribution in [0.1, 0.15) is 15.9 Å². The van der Waals surface area contributed by atoms with Crippen molar-refractivity contribution < 1.29 is 9.18 Å². The van der Waals surface area contributed by atoms with Gasteiger partial charge in [-0.05, 0) is 42.0 Å². The third-order valence-electron chi connectivity index (χ3n) is 4.21. The molecule has 0 saturated carbocycles. The normalized spacial score (nSPS) is 11.0. The number of carbonyl (C=O) groups excluding carboxylic acids is 1. The Morgan fingerprint density at radius 1 is 1.15 bits per heavy atom. The summed E-state index contributed by atoms with van der Waals surface area (Å²) in [7, 11) is 0. The third kappa shape index (κ3) is 3.27. The van der Waals surface area contributed by atoms with Gasteiger partial charge in [0.1, 0.15) is 11.5 Å². The average Bonchev–Trinajstić information content (AvgIpc) is 2.68. The van der Waals surface area contributed by atoms with Crippen molar-refractivity contribution in [2.45, 2.75) is 6.54 Å². The predicted octanol–water partition coefficient (Wildman–Crippen LogP) is 3.57. The van der Waals surface area contributed by atoms with Crippen molar-refractivity contribution in [2.75, 3.05) is 0 Å². The van der Waals surface area contributed by atoms with E-state index < -0.39 is 5.82 Å². The Kier molecular flexibility index (Phi) is 4.33. The van der Waals surface area contributed by atoms with Crippen molar-refractivity contribution in [3.05, 3.63) is 93.1 Å². The molecule has 2 heterocycles. The summed E-state index contributed by atoms with van der Waals surface area (Å²) < 4.78 is 14.6. The van der Waals surface area contributed by atoms with Crippen LogP contribution >= 0.6 is 11.6 Å². The molecule has 7 heteroatoms. The van der Waals surface area contributed by atoms with E-state index in [9.17, 15) is 14.0 Å². The highest BCUT2D eigenvalue weighted by Gasteiger charge is 2.10. The molecule has 2 aromatic heterocycles. The molecule has 0 atom stereocenters. The van der Waals surface area contributed by atoms with E-state index in [1.807, 2.05) is 6.07 Å². The molecule has 0 saturated heterocycles. The Morgan fingerprint density at radius 2 is 1.96 bits per heavy atom. The molecule has 1 amide bonds. The van der Waals surface area contributed by atoms with Crippen LogP contribution in [-0.4, -0.2) is 15.3 Å². The fourth-order valence-electron chi connectivity index (χ4n) is 2.82. The number of benzene rings is 2. The first-order chi connectivity index (χ1) is 13.0. The van der Waals surface area contributed by atoms with E-state index in [-0.39, 0.29) is 23.0 Å². The SMILES string of the molecule is O=C(NCc1ccc(F)c(Cl)c1)c1ccc2nc3ccccc3c(=O)n2c1. The van der Waals surface area contributed by atoms with Crippen LogP contribution in [0.4, 0.5) is 4.39 Å². The summed E-state index contributed by atoms with van der Waals surface area (Å²) in [6.45, 7) is 0.182. The predicted molar refractivity (Wildman–Crippen MR) is 102 cm³/mol. The van der Waals surface area contributed by atoms with Crippen LogP contribution in [0.5, 0.6) is 0 Å². The molecule has 0 aliphatic carbocycles. The van der Waals surface area contributed by atoms with Gasteiger partial charge in [0.05, 0.1) is 21.5 Å².